The standard InChI is InChI=1S/C24H23N5O4/c1-5-33-17-11-9-16(10-12-17)29-19(15-7-6-8-18(13-15)32-4)14-28-20-21(25-23(28)29)26(2)24(31)27(3)22(20)30/h6-14H,5H2,1-4H3. The minimum Gasteiger partial charge on any atom is -0.497 e. The average Bonchev–Trinajstić information content (AvgIpc) is 3.39. The molecule has 33 heavy (non-hydrogen) atoms. The summed E-state index contributed by atoms with van der Waals surface area (Å²) in [5.41, 5.74) is 2.39. The monoisotopic (exact) mass is 445 g/mol. The molecular formula is C24H23N5O4. The van der Waals surface area contributed by atoms with Crippen molar-refractivity contribution in [2.45, 2.75) is 6.92 Å². The molecule has 0 radical (unpaired) electrons. The van der Waals surface area contributed by atoms with E-state index in [2.05, 4.69) is 0 Å². The number of benzene rings is 2. The summed E-state index contributed by atoms with van der Waals surface area (Å²) >= 11 is 0. The van der Waals surface area contributed by atoms with Crippen LogP contribution in [0.25, 0.3) is 33.9 Å². The van der Waals surface area contributed by atoms with Gasteiger partial charge in [0, 0.05) is 31.5 Å². The van der Waals surface area contributed by atoms with Crippen molar-refractivity contribution in [3.63, 3.8) is 0 Å². The summed E-state index contributed by atoms with van der Waals surface area (Å²) in [6.45, 7) is 2.51. The number of nitrogens with zero attached hydrogens (tertiary/aromatic N) is 5. The fourth-order valence-corrected chi connectivity index (χ4v) is 4.07. The summed E-state index contributed by atoms with van der Waals surface area (Å²) in [6, 6.07) is 15.3. The number of rotatable bonds is 5. The van der Waals surface area contributed by atoms with Crippen LogP contribution in [0, 0.1) is 0 Å². The van der Waals surface area contributed by atoms with Gasteiger partial charge in [0.2, 0.25) is 5.78 Å². The first-order chi connectivity index (χ1) is 15.9. The second-order valence-electron chi connectivity index (χ2n) is 7.67. The molecule has 2 aromatic carbocycles. The van der Waals surface area contributed by atoms with E-state index < -0.39 is 11.2 Å². The number of methoxy groups -OCH3 is 1. The number of ether oxygens (including phenoxy) is 2. The molecular weight excluding hydrogens is 422 g/mol. The summed E-state index contributed by atoms with van der Waals surface area (Å²) in [7, 11) is 4.70. The van der Waals surface area contributed by atoms with Crippen LogP contribution in [0.3, 0.4) is 0 Å². The number of hydrogen-bond acceptors (Lipinski definition) is 5. The smallest absolute Gasteiger partial charge is 0.332 e. The van der Waals surface area contributed by atoms with Gasteiger partial charge in [-0.05, 0) is 43.3 Å². The minimum atomic E-state index is -0.422. The third-order valence-electron chi connectivity index (χ3n) is 5.74. The van der Waals surface area contributed by atoms with Crippen molar-refractivity contribution in [1.82, 2.24) is 23.1 Å². The molecule has 0 fully saturated rings. The Labute approximate surface area is 188 Å². The second-order valence-corrected chi connectivity index (χ2v) is 7.67. The van der Waals surface area contributed by atoms with Crippen LogP contribution in [0.1, 0.15) is 6.92 Å². The zero-order valence-corrected chi connectivity index (χ0v) is 18.8. The lowest BCUT2D eigenvalue weighted by Gasteiger charge is -2.11. The molecule has 0 aliphatic carbocycles. The zero-order valence-electron chi connectivity index (χ0n) is 18.8. The van der Waals surface area contributed by atoms with Gasteiger partial charge in [0.1, 0.15) is 11.5 Å². The molecule has 0 bridgehead atoms. The van der Waals surface area contributed by atoms with E-state index in [1.165, 1.54) is 11.6 Å². The van der Waals surface area contributed by atoms with Gasteiger partial charge < -0.3 is 9.47 Å². The van der Waals surface area contributed by atoms with Crippen LogP contribution < -0.4 is 20.7 Å². The lowest BCUT2D eigenvalue weighted by molar-refractivity contribution is 0.340. The lowest BCUT2D eigenvalue weighted by atomic mass is 10.1. The van der Waals surface area contributed by atoms with Gasteiger partial charge >= 0.3 is 5.69 Å². The minimum absolute atomic E-state index is 0.329. The summed E-state index contributed by atoms with van der Waals surface area (Å²) < 4.78 is 17.2. The Morgan fingerprint density at radius 2 is 1.73 bits per heavy atom. The van der Waals surface area contributed by atoms with Gasteiger partial charge in [-0.2, -0.15) is 4.98 Å². The molecule has 5 aromatic rings. The highest BCUT2D eigenvalue weighted by atomic mass is 16.5. The van der Waals surface area contributed by atoms with Crippen molar-refractivity contribution in [3.05, 3.63) is 75.6 Å². The first kappa shape index (κ1) is 20.6. The highest BCUT2D eigenvalue weighted by molar-refractivity contribution is 5.79. The molecule has 0 aliphatic rings. The molecule has 0 spiro atoms. The summed E-state index contributed by atoms with van der Waals surface area (Å²) in [5.74, 6) is 2.00. The van der Waals surface area contributed by atoms with E-state index in [0.29, 0.717) is 29.3 Å². The fraction of sp³-hybridized carbons (Fsp3) is 0.208. The van der Waals surface area contributed by atoms with Crippen LogP contribution in [0.5, 0.6) is 11.5 Å². The molecule has 0 N–H and O–H groups in total. The normalized spacial score (nSPS) is 11.4. The summed E-state index contributed by atoms with van der Waals surface area (Å²) in [5, 5.41) is 0. The molecule has 0 saturated heterocycles. The van der Waals surface area contributed by atoms with E-state index in [1.54, 1.807) is 18.6 Å². The van der Waals surface area contributed by atoms with Crippen molar-refractivity contribution in [1.29, 1.82) is 0 Å². The molecule has 5 rings (SSSR count). The Bertz CT molecular complexity index is 1620. The van der Waals surface area contributed by atoms with Gasteiger partial charge in [-0.25, -0.2) is 4.79 Å². The molecule has 9 nitrogen and oxygen atoms in total. The number of imidazole rings is 2. The molecule has 0 unspecified atom stereocenters. The third-order valence-corrected chi connectivity index (χ3v) is 5.74. The van der Waals surface area contributed by atoms with E-state index in [4.69, 9.17) is 14.5 Å². The van der Waals surface area contributed by atoms with Gasteiger partial charge in [-0.1, -0.05) is 12.1 Å². The maximum atomic E-state index is 13.0. The SMILES string of the molecule is CCOc1ccc(-n2c(-c3cccc(OC)c3)cn3c4c(=O)n(C)c(=O)n(C)c4nc23)cc1. The molecule has 9 heteroatoms. The highest BCUT2D eigenvalue weighted by Gasteiger charge is 2.22. The van der Waals surface area contributed by atoms with Crippen molar-refractivity contribution < 1.29 is 9.47 Å². The van der Waals surface area contributed by atoms with E-state index in [-0.39, 0.29) is 0 Å². The van der Waals surface area contributed by atoms with Gasteiger partial charge in [0.15, 0.2) is 11.2 Å². The Hall–Kier alpha value is -4.27. The topological polar surface area (TPSA) is 84.7 Å². The Kier molecular flexibility index (Phi) is 4.81. The Morgan fingerprint density at radius 1 is 0.970 bits per heavy atom. The van der Waals surface area contributed by atoms with Crippen LogP contribution in [0.2, 0.25) is 0 Å². The highest BCUT2D eigenvalue weighted by Crippen LogP contribution is 2.31. The van der Waals surface area contributed by atoms with E-state index in [9.17, 15) is 9.59 Å². The van der Waals surface area contributed by atoms with E-state index in [0.717, 1.165) is 27.3 Å². The Balaban J connectivity index is 1.88. The number of hydrogen-bond donors (Lipinski definition) is 0. The van der Waals surface area contributed by atoms with Crippen LogP contribution in [0.15, 0.2) is 64.3 Å². The van der Waals surface area contributed by atoms with Crippen LogP contribution in [-0.2, 0) is 14.1 Å². The van der Waals surface area contributed by atoms with Crippen molar-refractivity contribution in [3.8, 4) is 28.4 Å². The first-order valence-electron chi connectivity index (χ1n) is 10.5. The van der Waals surface area contributed by atoms with Crippen molar-refractivity contribution >= 4 is 16.9 Å². The molecule has 3 heterocycles. The molecule has 3 aromatic heterocycles. The van der Waals surface area contributed by atoms with Crippen LogP contribution in [-0.4, -0.2) is 36.8 Å². The maximum Gasteiger partial charge on any atom is 0.332 e. The Morgan fingerprint density at radius 3 is 2.42 bits per heavy atom. The first-order valence-corrected chi connectivity index (χ1v) is 10.5. The van der Waals surface area contributed by atoms with Crippen LogP contribution in [0.4, 0.5) is 0 Å². The summed E-state index contributed by atoms with van der Waals surface area (Å²) in [4.78, 5) is 30.2. The predicted octanol–water partition coefficient (Wildman–Crippen LogP) is 2.75. The second kappa shape index (κ2) is 7.70. The van der Waals surface area contributed by atoms with E-state index in [1.807, 2.05) is 66.2 Å². The number of fused-ring (bicyclic) bond motifs is 3. The van der Waals surface area contributed by atoms with Crippen molar-refractivity contribution in [2.24, 2.45) is 14.1 Å². The molecule has 168 valence electrons. The molecule has 0 saturated carbocycles. The van der Waals surface area contributed by atoms with Gasteiger partial charge in [0.05, 0.1) is 19.4 Å². The quantitative estimate of drug-likeness (QED) is 0.415. The number of aryl methyl sites for hydroxylation is 1. The molecule has 0 atom stereocenters. The van der Waals surface area contributed by atoms with Gasteiger partial charge in [-0.15, -0.1) is 0 Å². The fourth-order valence-electron chi connectivity index (χ4n) is 4.07. The van der Waals surface area contributed by atoms with E-state index >= 15 is 0 Å². The third kappa shape index (κ3) is 3.12. The summed E-state index contributed by atoms with van der Waals surface area (Å²) in [6.07, 6.45) is 1.86. The molecule has 0 amide bonds. The molecule has 0 aliphatic heterocycles. The lowest BCUT2D eigenvalue weighted by Crippen LogP contribution is -2.37. The zero-order chi connectivity index (χ0) is 23.3. The van der Waals surface area contributed by atoms with Gasteiger partial charge in [0.25, 0.3) is 5.56 Å². The van der Waals surface area contributed by atoms with Crippen molar-refractivity contribution in [2.75, 3.05) is 13.7 Å². The van der Waals surface area contributed by atoms with Crippen LogP contribution >= 0.6 is 0 Å². The average molecular weight is 445 g/mol. The number of aromatic nitrogens is 5. The maximum absolute atomic E-state index is 13.0. The van der Waals surface area contributed by atoms with Gasteiger partial charge in [-0.3, -0.25) is 22.9 Å². The predicted molar refractivity (Wildman–Crippen MR) is 126 cm³/mol. The largest absolute Gasteiger partial charge is 0.497 e.